The average Bonchev–Trinajstić information content (AvgIpc) is 3.26. The van der Waals surface area contributed by atoms with Crippen molar-refractivity contribution in [2.24, 2.45) is 5.41 Å². The van der Waals surface area contributed by atoms with Crippen LogP contribution in [0.2, 0.25) is 0 Å². The Hall–Kier alpha value is -1.79. The summed E-state index contributed by atoms with van der Waals surface area (Å²) in [6.07, 6.45) is 2.49. The number of rotatable bonds is 3. The number of halogens is 2. The van der Waals surface area contributed by atoms with Crippen LogP contribution in [-0.2, 0) is 6.54 Å². The molecule has 134 valence electrons. The lowest BCUT2D eigenvalue weighted by Crippen LogP contribution is -2.29. The van der Waals surface area contributed by atoms with Gasteiger partial charge >= 0.3 is 0 Å². The van der Waals surface area contributed by atoms with Crippen LogP contribution < -0.4 is 5.32 Å². The predicted molar refractivity (Wildman–Crippen MR) is 92.8 cm³/mol. The summed E-state index contributed by atoms with van der Waals surface area (Å²) in [4.78, 5) is 2.48. The van der Waals surface area contributed by atoms with Crippen LogP contribution in [0, 0.1) is 30.9 Å². The van der Waals surface area contributed by atoms with E-state index in [2.05, 4.69) is 15.3 Å². The Balaban J connectivity index is 1.58. The van der Waals surface area contributed by atoms with Crippen LogP contribution in [0.4, 0.5) is 8.78 Å². The highest BCUT2D eigenvalue weighted by Crippen LogP contribution is 2.37. The summed E-state index contributed by atoms with van der Waals surface area (Å²) >= 11 is 0. The molecule has 4 nitrogen and oxygen atoms in total. The van der Waals surface area contributed by atoms with E-state index < -0.39 is 11.6 Å². The maximum Gasteiger partial charge on any atom is 0.151 e. The predicted octanol–water partition coefficient (Wildman–Crippen LogP) is 2.95. The van der Waals surface area contributed by atoms with Crippen molar-refractivity contribution in [2.45, 2.75) is 33.2 Å². The topological polar surface area (TPSA) is 33.1 Å². The summed E-state index contributed by atoms with van der Waals surface area (Å²) in [7, 11) is 0. The zero-order valence-electron chi connectivity index (χ0n) is 14.8. The molecule has 25 heavy (non-hydrogen) atoms. The molecule has 1 N–H and O–H groups in total. The van der Waals surface area contributed by atoms with Crippen molar-refractivity contribution in [1.29, 1.82) is 0 Å². The molecule has 6 heteroatoms. The van der Waals surface area contributed by atoms with Crippen molar-refractivity contribution in [3.63, 3.8) is 0 Å². The maximum atomic E-state index is 14.1. The molecule has 2 aromatic rings. The first-order valence-electron chi connectivity index (χ1n) is 8.91. The fraction of sp³-hybridized carbons (Fsp3) is 0.526. The first-order valence-corrected chi connectivity index (χ1v) is 8.91. The summed E-state index contributed by atoms with van der Waals surface area (Å²) in [5.74, 6) is -1.16. The van der Waals surface area contributed by atoms with E-state index in [-0.39, 0.29) is 0 Å². The highest BCUT2D eigenvalue weighted by Gasteiger charge is 2.40. The molecule has 2 saturated heterocycles. The minimum atomic E-state index is -0.589. The Morgan fingerprint density at radius 1 is 1.24 bits per heavy atom. The molecule has 1 unspecified atom stereocenters. The summed E-state index contributed by atoms with van der Waals surface area (Å²) in [6, 6.07) is 3.62. The summed E-state index contributed by atoms with van der Waals surface area (Å²) in [5, 5.41) is 8.00. The molecule has 2 aliphatic rings. The van der Waals surface area contributed by atoms with Crippen LogP contribution in [0.1, 0.15) is 29.8 Å². The third kappa shape index (κ3) is 2.98. The molecule has 0 amide bonds. The number of aryl methyl sites for hydroxylation is 1. The molecule has 0 radical (unpaired) electrons. The van der Waals surface area contributed by atoms with Crippen molar-refractivity contribution in [2.75, 3.05) is 26.2 Å². The van der Waals surface area contributed by atoms with Gasteiger partial charge in [-0.1, -0.05) is 0 Å². The van der Waals surface area contributed by atoms with E-state index in [0.717, 1.165) is 55.7 Å². The Kier molecular flexibility index (Phi) is 4.12. The molecule has 1 aromatic heterocycles. The second-order valence-corrected chi connectivity index (χ2v) is 7.54. The van der Waals surface area contributed by atoms with E-state index in [1.807, 2.05) is 13.8 Å². The fourth-order valence-electron chi connectivity index (χ4n) is 4.32. The Morgan fingerprint density at radius 3 is 2.80 bits per heavy atom. The molecule has 0 saturated carbocycles. The zero-order valence-corrected chi connectivity index (χ0v) is 14.8. The van der Waals surface area contributed by atoms with Crippen LogP contribution >= 0.6 is 0 Å². The monoisotopic (exact) mass is 346 g/mol. The van der Waals surface area contributed by atoms with E-state index in [1.165, 1.54) is 25.0 Å². The third-order valence-electron chi connectivity index (χ3n) is 5.81. The van der Waals surface area contributed by atoms with Crippen LogP contribution in [0.15, 0.2) is 18.2 Å². The number of aromatic nitrogens is 2. The standard InChI is InChI=1S/C19H24F2N4/c1-13-16(10-24-8-6-19(12-24)5-7-22-11-19)14(2)25(23-13)18-4-3-15(20)9-17(18)21/h3-4,9,22H,5-8,10-12H2,1-2H3. The Labute approximate surface area is 146 Å². The second kappa shape index (κ2) is 6.18. The third-order valence-corrected chi connectivity index (χ3v) is 5.81. The number of likely N-dealkylation sites (tertiary alicyclic amines) is 1. The molecular formula is C19H24F2N4. The van der Waals surface area contributed by atoms with Gasteiger partial charge in [-0.25, -0.2) is 13.5 Å². The minimum absolute atomic E-state index is 0.297. The fourth-order valence-corrected chi connectivity index (χ4v) is 4.32. The lowest BCUT2D eigenvalue weighted by molar-refractivity contribution is 0.268. The van der Waals surface area contributed by atoms with Crippen LogP contribution in [0.5, 0.6) is 0 Å². The van der Waals surface area contributed by atoms with Crippen molar-refractivity contribution in [3.8, 4) is 5.69 Å². The van der Waals surface area contributed by atoms with Crippen LogP contribution in [0.3, 0.4) is 0 Å². The van der Waals surface area contributed by atoms with Gasteiger partial charge in [0.25, 0.3) is 0 Å². The molecule has 1 atom stereocenters. The average molecular weight is 346 g/mol. The summed E-state index contributed by atoms with van der Waals surface area (Å²) in [5.41, 5.74) is 3.71. The molecule has 0 bridgehead atoms. The van der Waals surface area contributed by atoms with Gasteiger partial charge in [-0.05, 0) is 57.3 Å². The van der Waals surface area contributed by atoms with Crippen molar-refractivity contribution < 1.29 is 8.78 Å². The largest absolute Gasteiger partial charge is 0.316 e. The summed E-state index contributed by atoms with van der Waals surface area (Å²) < 4.78 is 28.9. The number of hydrogen-bond donors (Lipinski definition) is 1. The van der Waals surface area contributed by atoms with E-state index in [9.17, 15) is 8.78 Å². The van der Waals surface area contributed by atoms with Gasteiger partial charge in [0.05, 0.1) is 5.69 Å². The van der Waals surface area contributed by atoms with Gasteiger partial charge in [-0.3, -0.25) is 4.90 Å². The number of nitrogens with zero attached hydrogens (tertiary/aromatic N) is 3. The van der Waals surface area contributed by atoms with Crippen molar-refractivity contribution in [1.82, 2.24) is 20.0 Å². The molecule has 2 aliphatic heterocycles. The highest BCUT2D eigenvalue weighted by molar-refractivity contribution is 5.38. The normalized spacial score (nSPS) is 23.8. The smallest absolute Gasteiger partial charge is 0.151 e. The minimum Gasteiger partial charge on any atom is -0.316 e. The van der Waals surface area contributed by atoms with Gasteiger partial charge in [0.1, 0.15) is 11.5 Å². The molecule has 2 fully saturated rings. The SMILES string of the molecule is Cc1nn(-c2ccc(F)cc2F)c(C)c1CN1CCC2(CCNC2)C1. The summed E-state index contributed by atoms with van der Waals surface area (Å²) in [6.45, 7) is 9.19. The number of nitrogens with one attached hydrogen (secondary N) is 1. The Bertz CT molecular complexity index is 793. The number of benzene rings is 1. The van der Waals surface area contributed by atoms with Crippen LogP contribution in [-0.4, -0.2) is 40.9 Å². The van der Waals surface area contributed by atoms with E-state index in [4.69, 9.17) is 0 Å². The van der Waals surface area contributed by atoms with Crippen molar-refractivity contribution in [3.05, 3.63) is 46.8 Å². The molecule has 3 heterocycles. The van der Waals surface area contributed by atoms with Gasteiger partial charge in [-0.2, -0.15) is 5.10 Å². The quantitative estimate of drug-likeness (QED) is 0.928. The molecule has 1 spiro atoms. The second-order valence-electron chi connectivity index (χ2n) is 7.54. The van der Waals surface area contributed by atoms with E-state index in [1.54, 1.807) is 4.68 Å². The van der Waals surface area contributed by atoms with Gasteiger partial charge in [0.15, 0.2) is 5.82 Å². The van der Waals surface area contributed by atoms with Crippen molar-refractivity contribution >= 4 is 0 Å². The lowest BCUT2D eigenvalue weighted by atomic mass is 9.86. The van der Waals surface area contributed by atoms with Gasteiger partial charge in [0, 0.05) is 37.0 Å². The molecule has 1 aromatic carbocycles. The van der Waals surface area contributed by atoms with E-state index in [0.29, 0.717) is 11.1 Å². The molecule has 0 aliphatic carbocycles. The lowest BCUT2D eigenvalue weighted by Gasteiger charge is -2.23. The van der Waals surface area contributed by atoms with E-state index >= 15 is 0 Å². The zero-order chi connectivity index (χ0) is 17.6. The molecule has 4 rings (SSSR count). The van der Waals surface area contributed by atoms with Gasteiger partial charge in [0.2, 0.25) is 0 Å². The van der Waals surface area contributed by atoms with Gasteiger partial charge < -0.3 is 5.32 Å². The first-order chi connectivity index (χ1) is 12.0. The van der Waals surface area contributed by atoms with Gasteiger partial charge in [-0.15, -0.1) is 0 Å². The first kappa shape index (κ1) is 16.7. The van der Waals surface area contributed by atoms with Crippen LogP contribution in [0.25, 0.3) is 5.69 Å². The highest BCUT2D eigenvalue weighted by atomic mass is 19.1. The number of hydrogen-bond acceptors (Lipinski definition) is 3. The Morgan fingerprint density at radius 2 is 2.08 bits per heavy atom. The molecular weight excluding hydrogens is 322 g/mol. The maximum absolute atomic E-state index is 14.1.